The predicted molar refractivity (Wildman–Crippen MR) is 107 cm³/mol. The molecular weight excluding hydrogens is 328 g/mol. The van der Waals surface area contributed by atoms with Gasteiger partial charge in [0, 0.05) is 31.5 Å². The lowest BCUT2D eigenvalue weighted by molar-refractivity contribution is 0.280. The Labute approximate surface area is 154 Å². The minimum atomic E-state index is -0.261. The number of nitrogen functional groups attached to an aromatic ring is 1. The van der Waals surface area contributed by atoms with Gasteiger partial charge in [-0.3, -0.25) is 9.36 Å². The molecule has 1 aromatic carbocycles. The second kappa shape index (κ2) is 9.38. The summed E-state index contributed by atoms with van der Waals surface area (Å²) < 4.78 is 2.71. The average Bonchev–Trinajstić information content (AvgIpc) is 2.64. The molecule has 1 aromatic heterocycles. The second-order valence-electron chi connectivity index (χ2n) is 6.76. The molecule has 0 unspecified atom stereocenters. The molecule has 0 atom stereocenters. The molecule has 0 bridgehead atoms. The van der Waals surface area contributed by atoms with Crippen LogP contribution in [0.5, 0.6) is 0 Å². The molecule has 2 N–H and O–H groups in total. The Balaban J connectivity index is 1.81. The first kappa shape index (κ1) is 20.0. The second-order valence-corrected chi connectivity index (χ2v) is 6.76. The zero-order valence-electron chi connectivity index (χ0n) is 16.1. The van der Waals surface area contributed by atoms with Crippen LogP contribution in [-0.4, -0.2) is 33.7 Å². The van der Waals surface area contributed by atoms with E-state index in [2.05, 4.69) is 24.0 Å². The highest BCUT2D eigenvalue weighted by Crippen LogP contribution is 2.08. The number of benzene rings is 1. The monoisotopic (exact) mass is 358 g/mol. The molecule has 0 aliphatic heterocycles. The van der Waals surface area contributed by atoms with Crippen molar-refractivity contribution >= 4 is 5.69 Å². The van der Waals surface area contributed by atoms with Crippen LogP contribution in [0.4, 0.5) is 5.69 Å². The van der Waals surface area contributed by atoms with E-state index in [1.165, 1.54) is 12.6 Å². The number of nitrogens with zero attached hydrogens (tertiary/aromatic N) is 3. The summed E-state index contributed by atoms with van der Waals surface area (Å²) >= 11 is 0. The van der Waals surface area contributed by atoms with Gasteiger partial charge in [0.1, 0.15) is 0 Å². The van der Waals surface area contributed by atoms with Gasteiger partial charge in [-0.1, -0.05) is 19.1 Å². The van der Waals surface area contributed by atoms with Crippen LogP contribution in [0.1, 0.15) is 31.0 Å². The minimum absolute atomic E-state index is 0.237. The predicted octanol–water partition coefficient (Wildman–Crippen LogP) is 1.55. The molecule has 0 saturated heterocycles. The van der Waals surface area contributed by atoms with Gasteiger partial charge in [-0.25, -0.2) is 4.79 Å². The van der Waals surface area contributed by atoms with Gasteiger partial charge in [-0.05, 0) is 63.0 Å². The van der Waals surface area contributed by atoms with Crippen LogP contribution in [0.25, 0.3) is 0 Å². The van der Waals surface area contributed by atoms with Crippen molar-refractivity contribution in [3.63, 3.8) is 0 Å². The van der Waals surface area contributed by atoms with Crippen molar-refractivity contribution < 1.29 is 0 Å². The van der Waals surface area contributed by atoms with E-state index in [4.69, 9.17) is 5.73 Å². The molecule has 0 aliphatic rings. The van der Waals surface area contributed by atoms with Gasteiger partial charge in [0.2, 0.25) is 0 Å². The van der Waals surface area contributed by atoms with E-state index in [1.54, 1.807) is 17.7 Å². The van der Waals surface area contributed by atoms with Gasteiger partial charge < -0.3 is 15.2 Å². The van der Waals surface area contributed by atoms with Crippen LogP contribution in [0.2, 0.25) is 0 Å². The van der Waals surface area contributed by atoms with Crippen molar-refractivity contribution in [3.05, 3.63) is 62.4 Å². The van der Waals surface area contributed by atoms with E-state index in [9.17, 15) is 9.59 Å². The molecule has 6 nitrogen and oxygen atoms in total. The highest BCUT2D eigenvalue weighted by Gasteiger charge is 2.07. The van der Waals surface area contributed by atoms with E-state index in [-0.39, 0.29) is 11.2 Å². The summed E-state index contributed by atoms with van der Waals surface area (Å²) in [4.78, 5) is 26.2. The summed E-state index contributed by atoms with van der Waals surface area (Å²) in [6, 6.07) is 9.63. The van der Waals surface area contributed by atoms with E-state index < -0.39 is 0 Å². The van der Waals surface area contributed by atoms with E-state index in [1.807, 2.05) is 12.1 Å². The summed E-state index contributed by atoms with van der Waals surface area (Å²) in [5, 5.41) is 0. The van der Waals surface area contributed by atoms with Gasteiger partial charge in [0.25, 0.3) is 5.56 Å². The van der Waals surface area contributed by atoms with Crippen LogP contribution >= 0.6 is 0 Å². The highest BCUT2D eigenvalue weighted by atomic mass is 16.2. The van der Waals surface area contributed by atoms with Crippen LogP contribution in [0, 0.1) is 0 Å². The average molecular weight is 358 g/mol. The first-order chi connectivity index (χ1) is 12.4. The van der Waals surface area contributed by atoms with Crippen molar-refractivity contribution in [3.8, 4) is 0 Å². The quantitative estimate of drug-likeness (QED) is 0.691. The molecule has 0 spiro atoms. The summed E-state index contributed by atoms with van der Waals surface area (Å²) in [5.74, 6) is 0. The fraction of sp³-hybridized carbons (Fsp3) is 0.500. The topological polar surface area (TPSA) is 73.3 Å². The SMILES string of the molecule is CCN(CCCc1ccc(N)cc1)CCCc1cc(=O)n(C)c(=O)n1C. The number of aryl methyl sites for hydroxylation is 2. The molecule has 0 amide bonds. The first-order valence-corrected chi connectivity index (χ1v) is 9.25. The maximum absolute atomic E-state index is 12.0. The Hall–Kier alpha value is -2.34. The van der Waals surface area contributed by atoms with Crippen molar-refractivity contribution in [1.29, 1.82) is 0 Å². The highest BCUT2D eigenvalue weighted by molar-refractivity contribution is 5.39. The Kier molecular flexibility index (Phi) is 7.21. The fourth-order valence-corrected chi connectivity index (χ4v) is 3.12. The maximum Gasteiger partial charge on any atom is 0.330 e. The van der Waals surface area contributed by atoms with Gasteiger partial charge in [-0.15, -0.1) is 0 Å². The van der Waals surface area contributed by atoms with Crippen molar-refractivity contribution in [2.24, 2.45) is 14.1 Å². The molecule has 0 fully saturated rings. The number of hydrogen-bond donors (Lipinski definition) is 1. The number of nitrogens with two attached hydrogens (primary N) is 1. The molecule has 0 aliphatic carbocycles. The lowest BCUT2D eigenvalue weighted by Crippen LogP contribution is -2.38. The van der Waals surface area contributed by atoms with Crippen LogP contribution in [0.3, 0.4) is 0 Å². The molecule has 0 radical (unpaired) electrons. The molecule has 2 rings (SSSR count). The maximum atomic E-state index is 12.0. The lowest BCUT2D eigenvalue weighted by Gasteiger charge is -2.20. The Bertz CT molecular complexity index is 821. The van der Waals surface area contributed by atoms with Gasteiger partial charge in [0.15, 0.2) is 0 Å². The lowest BCUT2D eigenvalue weighted by atomic mass is 10.1. The standard InChI is InChI=1S/C20H30N4O2/c1-4-24(13-5-7-16-9-11-17(21)12-10-16)14-6-8-18-15-19(25)23(3)20(26)22(18)2/h9-12,15H,4-8,13-14,21H2,1-3H3. The third kappa shape index (κ3) is 5.33. The van der Waals surface area contributed by atoms with Gasteiger partial charge in [0.05, 0.1) is 0 Å². The van der Waals surface area contributed by atoms with E-state index in [0.717, 1.165) is 61.3 Å². The van der Waals surface area contributed by atoms with Gasteiger partial charge in [-0.2, -0.15) is 0 Å². The van der Waals surface area contributed by atoms with E-state index in [0.29, 0.717) is 0 Å². The molecule has 2 aromatic rings. The summed E-state index contributed by atoms with van der Waals surface area (Å²) in [6.07, 6.45) is 3.80. The van der Waals surface area contributed by atoms with Crippen LogP contribution in [0.15, 0.2) is 39.9 Å². The Morgan fingerprint density at radius 2 is 1.58 bits per heavy atom. The third-order valence-corrected chi connectivity index (χ3v) is 4.90. The number of hydrogen-bond acceptors (Lipinski definition) is 4. The zero-order chi connectivity index (χ0) is 19.1. The van der Waals surface area contributed by atoms with Crippen LogP contribution < -0.4 is 17.0 Å². The van der Waals surface area contributed by atoms with Crippen molar-refractivity contribution in [1.82, 2.24) is 14.0 Å². The summed E-state index contributed by atoms with van der Waals surface area (Å²) in [6.45, 7) is 5.16. The van der Waals surface area contributed by atoms with Crippen LogP contribution in [-0.2, 0) is 26.9 Å². The molecule has 26 heavy (non-hydrogen) atoms. The van der Waals surface area contributed by atoms with Gasteiger partial charge >= 0.3 is 5.69 Å². The van der Waals surface area contributed by atoms with Crippen molar-refractivity contribution in [2.45, 2.75) is 32.6 Å². The Morgan fingerprint density at radius 1 is 0.962 bits per heavy atom. The Morgan fingerprint density at radius 3 is 2.19 bits per heavy atom. The van der Waals surface area contributed by atoms with E-state index >= 15 is 0 Å². The first-order valence-electron chi connectivity index (χ1n) is 9.25. The third-order valence-electron chi connectivity index (χ3n) is 4.90. The summed E-state index contributed by atoms with van der Waals surface area (Å²) in [7, 11) is 3.23. The molecule has 0 saturated carbocycles. The van der Waals surface area contributed by atoms with Crippen molar-refractivity contribution in [2.75, 3.05) is 25.4 Å². The smallest absolute Gasteiger partial charge is 0.330 e. The number of anilines is 1. The summed E-state index contributed by atoms with van der Waals surface area (Å²) in [5.41, 5.74) is 8.13. The molecule has 6 heteroatoms. The number of rotatable bonds is 9. The molecule has 142 valence electrons. The minimum Gasteiger partial charge on any atom is -0.399 e. The zero-order valence-corrected chi connectivity index (χ0v) is 16.1. The normalized spacial score (nSPS) is 11.2. The fourth-order valence-electron chi connectivity index (χ4n) is 3.12. The molecular formula is C20H30N4O2. The number of aromatic nitrogens is 2. The largest absolute Gasteiger partial charge is 0.399 e. The molecule has 1 heterocycles.